The molecule has 0 unspecified atom stereocenters. The number of hydrogen-bond donors (Lipinski definition) is 1. The third-order valence-electron chi connectivity index (χ3n) is 6.34. The highest BCUT2D eigenvalue weighted by Gasteiger charge is 2.33. The van der Waals surface area contributed by atoms with Crippen molar-refractivity contribution in [3.63, 3.8) is 0 Å². The van der Waals surface area contributed by atoms with Crippen molar-refractivity contribution >= 4 is 50.6 Å². The number of phenolic OH excluding ortho intramolecular Hbond substituents is 1. The molecule has 7 heteroatoms. The Morgan fingerprint density at radius 3 is 2.71 bits per heavy atom. The van der Waals surface area contributed by atoms with Gasteiger partial charge in [-0.2, -0.15) is 0 Å². The Morgan fingerprint density at radius 2 is 1.88 bits per heavy atom. The molecule has 0 fully saturated rings. The summed E-state index contributed by atoms with van der Waals surface area (Å²) >= 11 is 11.4. The van der Waals surface area contributed by atoms with E-state index in [1.54, 1.807) is 22.8 Å². The second-order valence-electron chi connectivity index (χ2n) is 8.35. The van der Waals surface area contributed by atoms with Crippen LogP contribution in [0.3, 0.4) is 0 Å². The lowest BCUT2D eigenvalue weighted by Crippen LogP contribution is -2.38. The highest BCUT2D eigenvalue weighted by molar-refractivity contribution is 9.10. The molecule has 0 amide bonds. The molecule has 1 aliphatic carbocycles. The molecule has 0 radical (unpaired) electrons. The number of aromatic nitrogens is 1. The molecule has 0 bridgehead atoms. The van der Waals surface area contributed by atoms with Crippen LogP contribution in [0.2, 0.25) is 5.02 Å². The fourth-order valence-corrected chi connectivity index (χ4v) is 6.40. The second-order valence-corrected chi connectivity index (χ2v) is 10.6. The lowest BCUT2D eigenvalue weighted by molar-refractivity contribution is 0.472. The molecule has 1 aromatic heterocycles. The Morgan fingerprint density at radius 1 is 1.09 bits per heavy atom. The summed E-state index contributed by atoms with van der Waals surface area (Å²) in [4.78, 5) is 19.4. The second kappa shape index (κ2) is 8.38. The van der Waals surface area contributed by atoms with Gasteiger partial charge in [0.1, 0.15) is 5.75 Å². The lowest BCUT2D eigenvalue weighted by atomic mass is 9.83. The van der Waals surface area contributed by atoms with Gasteiger partial charge in [0.15, 0.2) is 4.80 Å². The first-order valence-electron chi connectivity index (χ1n) is 10.9. The van der Waals surface area contributed by atoms with Gasteiger partial charge in [-0.15, -0.1) is 0 Å². The number of aryl methyl sites for hydroxylation is 1. The van der Waals surface area contributed by atoms with Gasteiger partial charge in [0.25, 0.3) is 5.56 Å². The van der Waals surface area contributed by atoms with Crippen molar-refractivity contribution in [3.05, 3.63) is 124 Å². The first kappa shape index (κ1) is 21.6. The van der Waals surface area contributed by atoms with E-state index in [0.717, 1.165) is 40.8 Å². The molecular weight excluding hydrogens is 532 g/mol. The van der Waals surface area contributed by atoms with E-state index in [4.69, 9.17) is 16.6 Å². The Labute approximate surface area is 212 Å². The summed E-state index contributed by atoms with van der Waals surface area (Å²) in [7, 11) is 0. The van der Waals surface area contributed by atoms with Crippen LogP contribution in [-0.2, 0) is 6.42 Å². The first-order valence-corrected chi connectivity index (χ1v) is 12.9. The maximum absolute atomic E-state index is 13.7. The fourth-order valence-electron chi connectivity index (χ4n) is 4.76. The largest absolute Gasteiger partial charge is 0.507 e. The molecule has 1 aliphatic heterocycles. The summed E-state index contributed by atoms with van der Waals surface area (Å²) in [5.74, 6) is 0.156. The number of benzene rings is 3. The van der Waals surface area contributed by atoms with Gasteiger partial charge in [0, 0.05) is 10.6 Å². The maximum Gasteiger partial charge on any atom is 0.271 e. The van der Waals surface area contributed by atoms with Gasteiger partial charge in [0.2, 0.25) is 0 Å². The minimum atomic E-state index is -0.304. The number of rotatable bonds is 2. The van der Waals surface area contributed by atoms with Crippen molar-refractivity contribution in [2.24, 2.45) is 4.99 Å². The van der Waals surface area contributed by atoms with E-state index in [9.17, 15) is 9.90 Å². The Bertz CT molecular complexity index is 1690. The molecule has 2 heterocycles. The van der Waals surface area contributed by atoms with Crippen LogP contribution in [-0.4, -0.2) is 9.67 Å². The van der Waals surface area contributed by atoms with Crippen LogP contribution in [0.25, 0.3) is 11.8 Å². The van der Waals surface area contributed by atoms with E-state index in [1.165, 1.54) is 16.9 Å². The zero-order chi connectivity index (χ0) is 23.4. The van der Waals surface area contributed by atoms with Crippen LogP contribution >= 0.6 is 38.9 Å². The number of halogens is 2. The fraction of sp³-hybridized carbons (Fsp3) is 0.111. The van der Waals surface area contributed by atoms with Crippen LogP contribution in [0.4, 0.5) is 0 Å². The molecule has 0 spiro atoms. The molecule has 34 heavy (non-hydrogen) atoms. The van der Waals surface area contributed by atoms with E-state index in [-0.39, 0.29) is 17.4 Å². The zero-order valence-corrected chi connectivity index (χ0v) is 21.0. The Kier molecular flexibility index (Phi) is 5.32. The van der Waals surface area contributed by atoms with Crippen molar-refractivity contribution < 1.29 is 5.11 Å². The molecule has 1 N–H and O–H groups in total. The molecule has 0 saturated heterocycles. The van der Waals surface area contributed by atoms with E-state index in [1.807, 2.05) is 36.4 Å². The highest BCUT2D eigenvalue weighted by Crippen LogP contribution is 2.42. The summed E-state index contributed by atoms with van der Waals surface area (Å²) in [6, 6.07) is 21.0. The van der Waals surface area contributed by atoms with Crippen LogP contribution in [0.5, 0.6) is 5.75 Å². The molecule has 2 aliphatic rings. The van der Waals surface area contributed by atoms with E-state index < -0.39 is 0 Å². The lowest BCUT2D eigenvalue weighted by Gasteiger charge is -2.31. The highest BCUT2D eigenvalue weighted by atomic mass is 79.9. The first-order chi connectivity index (χ1) is 16.5. The number of fused-ring (bicyclic) bond motifs is 3. The number of nitrogens with zero attached hydrogens (tertiary/aromatic N) is 2. The Balaban J connectivity index is 1.64. The van der Waals surface area contributed by atoms with Crippen molar-refractivity contribution in [2.75, 3.05) is 0 Å². The van der Waals surface area contributed by atoms with Gasteiger partial charge in [-0.05, 0) is 75.3 Å². The molecule has 4 aromatic rings. The summed E-state index contributed by atoms with van der Waals surface area (Å²) in [6.07, 6.45) is 3.56. The summed E-state index contributed by atoms with van der Waals surface area (Å²) in [5, 5.41) is 10.5. The van der Waals surface area contributed by atoms with Crippen LogP contribution in [0.1, 0.15) is 34.7 Å². The predicted octanol–water partition coefficient (Wildman–Crippen LogP) is 5.44. The summed E-state index contributed by atoms with van der Waals surface area (Å²) in [5.41, 5.74) is 6.11. The van der Waals surface area contributed by atoms with Gasteiger partial charge in [-0.1, -0.05) is 71.5 Å². The summed E-state index contributed by atoms with van der Waals surface area (Å²) in [6.45, 7) is 0. The predicted molar refractivity (Wildman–Crippen MR) is 140 cm³/mol. The van der Waals surface area contributed by atoms with E-state index in [0.29, 0.717) is 18.8 Å². The number of aromatic hydroxyl groups is 1. The van der Waals surface area contributed by atoms with Crippen LogP contribution in [0, 0.1) is 0 Å². The van der Waals surface area contributed by atoms with Gasteiger partial charge in [0.05, 0.1) is 20.7 Å². The standard InChI is InChI=1S/C27H18BrClN2O2S/c28-20-13-15(9-12-22(20)32)14-23-26(33)31-25(18-7-3-4-8-21(18)29)19-11-10-16-5-1-2-6-17(16)24(19)30-27(31)34-23/h1-9,12-14,25,32H,10-11H2/b23-14+/t25-/m0/s1. The van der Waals surface area contributed by atoms with E-state index >= 15 is 0 Å². The number of allylic oxidation sites excluding steroid dienone is 1. The van der Waals surface area contributed by atoms with Crippen LogP contribution < -0.4 is 14.9 Å². The molecule has 0 saturated carbocycles. The average molecular weight is 550 g/mol. The number of thiazole rings is 1. The molecule has 168 valence electrons. The SMILES string of the molecule is O=c1/c(=C\c2ccc(O)c(Br)c2)sc2n1[C@@H](c1ccccc1Cl)C1=C(N=2)c2ccccc2CC1. The molecular formula is C27H18BrClN2O2S. The zero-order valence-electron chi connectivity index (χ0n) is 17.8. The molecule has 1 atom stereocenters. The maximum atomic E-state index is 13.7. The molecule has 3 aromatic carbocycles. The third-order valence-corrected chi connectivity index (χ3v) is 8.30. The van der Waals surface area contributed by atoms with Crippen molar-refractivity contribution in [3.8, 4) is 5.75 Å². The van der Waals surface area contributed by atoms with Gasteiger partial charge < -0.3 is 5.11 Å². The van der Waals surface area contributed by atoms with E-state index in [2.05, 4.69) is 34.1 Å². The quantitative estimate of drug-likeness (QED) is 0.362. The summed E-state index contributed by atoms with van der Waals surface area (Å²) < 4.78 is 2.96. The van der Waals surface area contributed by atoms with Crippen molar-refractivity contribution in [2.45, 2.75) is 18.9 Å². The minimum Gasteiger partial charge on any atom is -0.507 e. The van der Waals surface area contributed by atoms with Gasteiger partial charge in [-0.3, -0.25) is 9.36 Å². The van der Waals surface area contributed by atoms with Crippen LogP contribution in [0.15, 0.2) is 86.6 Å². The minimum absolute atomic E-state index is 0.0942. The topological polar surface area (TPSA) is 54.6 Å². The average Bonchev–Trinajstić information content (AvgIpc) is 3.15. The molecule has 4 nitrogen and oxygen atoms in total. The normalized spacial score (nSPS) is 17.1. The van der Waals surface area contributed by atoms with Crippen molar-refractivity contribution in [1.82, 2.24) is 4.57 Å². The third kappa shape index (κ3) is 3.49. The number of phenols is 1. The van der Waals surface area contributed by atoms with Crippen molar-refractivity contribution in [1.29, 1.82) is 0 Å². The van der Waals surface area contributed by atoms with Gasteiger partial charge in [-0.25, -0.2) is 4.99 Å². The smallest absolute Gasteiger partial charge is 0.271 e. The molecule has 6 rings (SSSR count). The van der Waals surface area contributed by atoms with Gasteiger partial charge >= 0.3 is 0 Å². The monoisotopic (exact) mass is 548 g/mol. The Hall–Kier alpha value is -2.93. The number of hydrogen-bond acceptors (Lipinski definition) is 4.